The van der Waals surface area contributed by atoms with Crippen LogP contribution in [0.3, 0.4) is 0 Å². The second-order valence-corrected chi connectivity index (χ2v) is 9.16. The fourth-order valence-electron chi connectivity index (χ4n) is 3.02. The smallest absolute Gasteiger partial charge is 0.347 e. The van der Waals surface area contributed by atoms with E-state index in [-0.39, 0.29) is 18.0 Å². The Balaban J connectivity index is 1.58. The van der Waals surface area contributed by atoms with Crippen molar-refractivity contribution in [1.82, 2.24) is 4.31 Å². The van der Waals surface area contributed by atoms with Crippen LogP contribution in [-0.4, -0.2) is 63.6 Å². The zero-order chi connectivity index (χ0) is 23.1. The zero-order valence-electron chi connectivity index (χ0n) is 17.9. The van der Waals surface area contributed by atoms with Crippen molar-refractivity contribution in [2.75, 3.05) is 38.2 Å². The first-order chi connectivity index (χ1) is 15.3. The number of ether oxygens (including phenoxy) is 3. The molecule has 2 aromatic carbocycles. The van der Waals surface area contributed by atoms with Crippen LogP contribution in [0.25, 0.3) is 0 Å². The van der Waals surface area contributed by atoms with E-state index in [4.69, 9.17) is 14.2 Å². The fraction of sp³-hybridized carbons (Fsp3) is 0.364. The van der Waals surface area contributed by atoms with Gasteiger partial charge in [-0.05, 0) is 43.7 Å². The van der Waals surface area contributed by atoms with E-state index in [1.54, 1.807) is 37.3 Å². The lowest BCUT2D eigenvalue weighted by molar-refractivity contribution is -0.153. The number of benzene rings is 2. The molecule has 0 spiro atoms. The van der Waals surface area contributed by atoms with Crippen molar-refractivity contribution in [2.45, 2.75) is 24.8 Å². The maximum atomic E-state index is 12.9. The number of para-hydroxylation sites is 1. The second-order valence-electron chi connectivity index (χ2n) is 7.22. The zero-order valence-corrected chi connectivity index (χ0v) is 18.8. The van der Waals surface area contributed by atoms with Crippen LogP contribution in [0, 0.1) is 6.92 Å². The van der Waals surface area contributed by atoms with Crippen LogP contribution >= 0.6 is 0 Å². The van der Waals surface area contributed by atoms with E-state index in [1.165, 1.54) is 23.4 Å². The van der Waals surface area contributed by atoms with E-state index < -0.39 is 34.6 Å². The molecule has 1 unspecified atom stereocenters. The first kappa shape index (κ1) is 23.7. The quantitative estimate of drug-likeness (QED) is 0.597. The third kappa shape index (κ3) is 6.06. The van der Waals surface area contributed by atoms with E-state index in [1.807, 2.05) is 6.07 Å². The molecule has 1 atom stereocenters. The van der Waals surface area contributed by atoms with Crippen molar-refractivity contribution in [1.29, 1.82) is 0 Å². The van der Waals surface area contributed by atoms with Crippen molar-refractivity contribution in [3.05, 3.63) is 54.1 Å². The molecule has 1 N–H and O–H groups in total. The van der Waals surface area contributed by atoms with Gasteiger partial charge >= 0.3 is 5.97 Å². The number of hydrogen-bond acceptors (Lipinski definition) is 7. The number of esters is 1. The highest BCUT2D eigenvalue weighted by Gasteiger charge is 2.27. The number of nitrogens with zero attached hydrogens (tertiary/aromatic N) is 1. The minimum atomic E-state index is -3.70. The molecule has 0 radical (unpaired) electrons. The Morgan fingerprint density at radius 3 is 2.50 bits per heavy atom. The first-order valence-corrected chi connectivity index (χ1v) is 11.6. The number of sulfonamides is 1. The number of anilines is 1. The van der Waals surface area contributed by atoms with Crippen LogP contribution in [0.4, 0.5) is 5.69 Å². The predicted octanol–water partition coefficient (Wildman–Crippen LogP) is 1.97. The van der Waals surface area contributed by atoms with Gasteiger partial charge in [0.15, 0.2) is 12.7 Å². The molecule has 1 aliphatic heterocycles. The van der Waals surface area contributed by atoms with E-state index in [0.717, 1.165) is 0 Å². The van der Waals surface area contributed by atoms with Crippen molar-refractivity contribution < 1.29 is 32.2 Å². The van der Waals surface area contributed by atoms with Crippen LogP contribution in [-0.2, 0) is 29.1 Å². The van der Waals surface area contributed by atoms with Gasteiger partial charge in [-0.1, -0.05) is 24.3 Å². The highest BCUT2D eigenvalue weighted by Crippen LogP contribution is 2.23. The third-order valence-corrected chi connectivity index (χ3v) is 6.72. The van der Waals surface area contributed by atoms with E-state index >= 15 is 0 Å². The van der Waals surface area contributed by atoms with Crippen LogP contribution in [0.1, 0.15) is 12.5 Å². The maximum absolute atomic E-state index is 12.9. The summed E-state index contributed by atoms with van der Waals surface area (Å²) in [6, 6.07) is 13.3. The molecule has 0 aliphatic carbocycles. The highest BCUT2D eigenvalue weighted by atomic mass is 32.2. The number of rotatable bonds is 8. The summed E-state index contributed by atoms with van der Waals surface area (Å²) in [5.74, 6) is -0.769. The summed E-state index contributed by atoms with van der Waals surface area (Å²) < 4.78 is 42.8. The fourth-order valence-corrected chi connectivity index (χ4v) is 4.46. The Bertz CT molecular complexity index is 1050. The molecule has 172 valence electrons. The van der Waals surface area contributed by atoms with Crippen LogP contribution < -0.4 is 10.1 Å². The molecule has 2 aromatic rings. The summed E-state index contributed by atoms with van der Waals surface area (Å²) in [4.78, 5) is 24.5. The van der Waals surface area contributed by atoms with Gasteiger partial charge in [-0.15, -0.1) is 0 Å². The molecule has 1 aliphatic rings. The molecule has 3 rings (SSSR count). The Morgan fingerprint density at radius 1 is 1.12 bits per heavy atom. The highest BCUT2D eigenvalue weighted by molar-refractivity contribution is 7.89. The van der Waals surface area contributed by atoms with Crippen molar-refractivity contribution in [3.63, 3.8) is 0 Å². The number of carbonyl (C=O) groups is 2. The molecule has 1 saturated heterocycles. The van der Waals surface area contributed by atoms with Gasteiger partial charge in [-0.2, -0.15) is 4.31 Å². The first-order valence-electron chi connectivity index (χ1n) is 10.1. The molecule has 0 aromatic heterocycles. The molecule has 32 heavy (non-hydrogen) atoms. The van der Waals surface area contributed by atoms with Crippen LogP contribution in [0.5, 0.6) is 5.75 Å². The Kier molecular flexibility index (Phi) is 7.84. The van der Waals surface area contributed by atoms with Crippen LogP contribution in [0.2, 0.25) is 0 Å². The molecule has 0 bridgehead atoms. The SMILES string of the molecule is Cc1ccc(S(=O)(=O)N2CCOCC2)cc1NC(=O)COC(=O)C(C)Oc1ccccc1. The minimum absolute atomic E-state index is 0.0715. The van der Waals surface area contributed by atoms with Gasteiger partial charge < -0.3 is 19.5 Å². The van der Waals surface area contributed by atoms with Crippen molar-refractivity contribution in [3.8, 4) is 5.75 Å². The molecule has 10 heteroatoms. The summed E-state index contributed by atoms with van der Waals surface area (Å²) >= 11 is 0. The van der Waals surface area contributed by atoms with Crippen molar-refractivity contribution >= 4 is 27.6 Å². The third-order valence-electron chi connectivity index (χ3n) is 4.82. The Morgan fingerprint density at radius 2 is 1.81 bits per heavy atom. The Hall–Kier alpha value is -2.95. The number of aryl methyl sites for hydroxylation is 1. The summed E-state index contributed by atoms with van der Waals surface area (Å²) in [7, 11) is -3.70. The number of carbonyl (C=O) groups excluding carboxylic acids is 2. The van der Waals surface area contributed by atoms with Gasteiger partial charge in [-0.25, -0.2) is 13.2 Å². The Labute approximate surface area is 187 Å². The van der Waals surface area contributed by atoms with Gasteiger partial charge in [0.2, 0.25) is 10.0 Å². The summed E-state index contributed by atoms with van der Waals surface area (Å²) in [6.07, 6.45) is -0.895. The average Bonchev–Trinajstić information content (AvgIpc) is 2.80. The minimum Gasteiger partial charge on any atom is -0.479 e. The topological polar surface area (TPSA) is 111 Å². The molecule has 0 saturated carbocycles. The lowest BCUT2D eigenvalue weighted by Crippen LogP contribution is -2.40. The number of amides is 1. The molecular formula is C22H26N2O7S. The predicted molar refractivity (Wildman–Crippen MR) is 117 cm³/mol. The normalized spacial score (nSPS) is 15.6. The largest absolute Gasteiger partial charge is 0.479 e. The van der Waals surface area contributed by atoms with Gasteiger partial charge in [0.25, 0.3) is 5.91 Å². The van der Waals surface area contributed by atoms with E-state index in [9.17, 15) is 18.0 Å². The lowest BCUT2D eigenvalue weighted by atomic mass is 10.2. The van der Waals surface area contributed by atoms with Gasteiger partial charge in [-0.3, -0.25) is 4.79 Å². The van der Waals surface area contributed by atoms with Crippen LogP contribution in [0.15, 0.2) is 53.4 Å². The average molecular weight is 463 g/mol. The van der Waals surface area contributed by atoms with E-state index in [2.05, 4.69) is 5.32 Å². The second kappa shape index (κ2) is 10.6. The monoisotopic (exact) mass is 462 g/mol. The molecule has 9 nitrogen and oxygen atoms in total. The summed E-state index contributed by atoms with van der Waals surface area (Å²) in [5, 5.41) is 2.60. The summed E-state index contributed by atoms with van der Waals surface area (Å²) in [5.41, 5.74) is 1.00. The standard InChI is InChI=1S/C22H26N2O7S/c1-16-8-9-19(32(27,28)24-10-12-29-13-11-24)14-20(16)23-21(25)15-30-22(26)17(2)31-18-6-4-3-5-7-18/h3-9,14,17H,10-13,15H2,1-2H3,(H,23,25). The van der Waals surface area contributed by atoms with Gasteiger partial charge in [0.05, 0.1) is 18.1 Å². The van der Waals surface area contributed by atoms with Gasteiger partial charge in [0, 0.05) is 18.8 Å². The number of nitrogens with one attached hydrogen (secondary N) is 1. The lowest BCUT2D eigenvalue weighted by Gasteiger charge is -2.26. The van der Waals surface area contributed by atoms with Crippen molar-refractivity contribution in [2.24, 2.45) is 0 Å². The molecular weight excluding hydrogens is 436 g/mol. The summed E-state index contributed by atoms with van der Waals surface area (Å²) in [6.45, 7) is 3.97. The number of morpholine rings is 1. The molecule has 1 fully saturated rings. The molecule has 1 heterocycles. The van der Waals surface area contributed by atoms with Gasteiger partial charge in [0.1, 0.15) is 5.75 Å². The maximum Gasteiger partial charge on any atom is 0.347 e. The molecule has 1 amide bonds. The van der Waals surface area contributed by atoms with E-state index in [0.29, 0.717) is 30.2 Å². The number of hydrogen-bond donors (Lipinski definition) is 1.